The Morgan fingerprint density at radius 1 is 1.36 bits per heavy atom. The molecule has 0 heterocycles. The van der Waals surface area contributed by atoms with Crippen LogP contribution in [0.2, 0.25) is 0 Å². The molecule has 0 radical (unpaired) electrons. The van der Waals surface area contributed by atoms with Crippen molar-refractivity contribution < 1.29 is 13.5 Å². The van der Waals surface area contributed by atoms with E-state index in [2.05, 4.69) is 0 Å². The molecule has 78 valence electrons. The van der Waals surface area contributed by atoms with Gasteiger partial charge in [0.1, 0.15) is 0 Å². The summed E-state index contributed by atoms with van der Waals surface area (Å²) in [4.78, 5) is 0.241. The molecule has 0 aliphatic heterocycles. The maximum absolute atomic E-state index is 11.1. The van der Waals surface area contributed by atoms with Crippen LogP contribution in [0, 0.1) is 0 Å². The van der Waals surface area contributed by atoms with Crippen LogP contribution in [0.15, 0.2) is 29.2 Å². The smallest absolute Gasteiger partial charge is 0.175 e. The second kappa shape index (κ2) is 4.08. The molecule has 0 bridgehead atoms. The Labute approximate surface area is 83.3 Å². The maximum atomic E-state index is 11.1. The Morgan fingerprint density at radius 2 is 1.86 bits per heavy atom. The van der Waals surface area contributed by atoms with Crippen LogP contribution in [0.25, 0.3) is 0 Å². The highest BCUT2D eigenvalue weighted by Gasteiger charge is 2.08. The van der Waals surface area contributed by atoms with Crippen LogP contribution in [0.1, 0.15) is 11.7 Å². The average Bonchev–Trinajstić information content (AvgIpc) is 2.15. The molecule has 0 aromatic heterocycles. The van der Waals surface area contributed by atoms with E-state index in [-0.39, 0.29) is 11.4 Å². The van der Waals surface area contributed by atoms with E-state index in [0.717, 1.165) is 6.26 Å². The van der Waals surface area contributed by atoms with Gasteiger partial charge < -0.3 is 10.8 Å². The van der Waals surface area contributed by atoms with Gasteiger partial charge in [0.25, 0.3) is 0 Å². The maximum Gasteiger partial charge on any atom is 0.175 e. The number of hydrogen-bond acceptors (Lipinski definition) is 4. The first-order chi connectivity index (χ1) is 6.45. The van der Waals surface area contributed by atoms with Gasteiger partial charge in [-0.3, -0.25) is 0 Å². The Balaban J connectivity index is 3.01. The van der Waals surface area contributed by atoms with Gasteiger partial charge in [0.2, 0.25) is 0 Å². The summed E-state index contributed by atoms with van der Waals surface area (Å²) in [5, 5.41) is 9.35. The van der Waals surface area contributed by atoms with E-state index in [9.17, 15) is 13.5 Å². The van der Waals surface area contributed by atoms with E-state index < -0.39 is 15.9 Å². The Kier molecular flexibility index (Phi) is 3.25. The fourth-order valence-electron chi connectivity index (χ4n) is 1.07. The normalized spacial score (nSPS) is 13.9. The van der Waals surface area contributed by atoms with Crippen LogP contribution in [0.3, 0.4) is 0 Å². The zero-order valence-corrected chi connectivity index (χ0v) is 8.66. The zero-order chi connectivity index (χ0) is 10.8. The molecular weight excluding hydrogens is 202 g/mol. The summed E-state index contributed by atoms with van der Waals surface area (Å²) in [6.45, 7) is 0.123. The Bertz CT molecular complexity index is 397. The van der Waals surface area contributed by atoms with Crippen molar-refractivity contribution in [2.45, 2.75) is 11.0 Å². The highest BCUT2D eigenvalue weighted by atomic mass is 32.2. The lowest BCUT2D eigenvalue weighted by atomic mass is 10.1. The minimum Gasteiger partial charge on any atom is -0.387 e. The Morgan fingerprint density at radius 3 is 2.21 bits per heavy atom. The quantitative estimate of drug-likeness (QED) is 0.748. The number of hydrogen-bond donors (Lipinski definition) is 2. The van der Waals surface area contributed by atoms with Gasteiger partial charge in [0.15, 0.2) is 9.84 Å². The molecule has 1 rings (SSSR count). The van der Waals surface area contributed by atoms with Gasteiger partial charge in [-0.05, 0) is 17.7 Å². The molecule has 1 atom stereocenters. The molecule has 1 aromatic rings. The van der Waals surface area contributed by atoms with E-state index in [0.29, 0.717) is 5.56 Å². The van der Waals surface area contributed by atoms with E-state index >= 15 is 0 Å². The molecule has 3 N–H and O–H groups in total. The lowest BCUT2D eigenvalue weighted by Gasteiger charge is -2.07. The molecule has 0 aliphatic carbocycles. The molecule has 0 fully saturated rings. The first-order valence-corrected chi connectivity index (χ1v) is 6.02. The van der Waals surface area contributed by atoms with Gasteiger partial charge in [0.05, 0.1) is 11.0 Å². The molecule has 0 unspecified atom stereocenters. The number of aliphatic hydroxyl groups is 1. The molecule has 0 saturated carbocycles. The van der Waals surface area contributed by atoms with Crippen molar-refractivity contribution in [1.82, 2.24) is 0 Å². The van der Waals surface area contributed by atoms with Gasteiger partial charge >= 0.3 is 0 Å². The van der Waals surface area contributed by atoms with Crippen LogP contribution < -0.4 is 5.73 Å². The van der Waals surface area contributed by atoms with Crippen LogP contribution >= 0.6 is 0 Å². The predicted molar refractivity (Wildman–Crippen MR) is 53.6 cm³/mol. The highest BCUT2D eigenvalue weighted by Crippen LogP contribution is 2.15. The summed E-state index contributed by atoms with van der Waals surface area (Å²) < 4.78 is 22.2. The molecule has 4 nitrogen and oxygen atoms in total. The number of sulfone groups is 1. The third kappa shape index (κ3) is 2.54. The largest absolute Gasteiger partial charge is 0.387 e. The fraction of sp³-hybridized carbons (Fsp3) is 0.333. The van der Waals surface area contributed by atoms with Crippen LogP contribution in [0.4, 0.5) is 0 Å². The molecule has 0 amide bonds. The fourth-order valence-corrected chi connectivity index (χ4v) is 1.70. The first-order valence-electron chi connectivity index (χ1n) is 4.13. The predicted octanol–water partition coefficient (Wildman–Crippen LogP) is 0.0822. The average molecular weight is 215 g/mol. The molecule has 1 aromatic carbocycles. The minimum atomic E-state index is -3.16. The minimum absolute atomic E-state index is 0.123. The van der Waals surface area contributed by atoms with E-state index in [1.165, 1.54) is 12.1 Å². The van der Waals surface area contributed by atoms with Crippen molar-refractivity contribution >= 4 is 9.84 Å². The van der Waals surface area contributed by atoms with Crippen LogP contribution in [-0.2, 0) is 9.84 Å². The number of aliphatic hydroxyl groups excluding tert-OH is 1. The third-order valence-electron chi connectivity index (χ3n) is 1.92. The number of rotatable bonds is 3. The monoisotopic (exact) mass is 215 g/mol. The molecule has 0 spiro atoms. The molecule has 0 saturated heterocycles. The van der Waals surface area contributed by atoms with Gasteiger partial charge in [-0.25, -0.2) is 8.42 Å². The van der Waals surface area contributed by atoms with Gasteiger partial charge in [-0.15, -0.1) is 0 Å². The van der Waals surface area contributed by atoms with E-state index in [4.69, 9.17) is 5.73 Å². The highest BCUT2D eigenvalue weighted by molar-refractivity contribution is 7.90. The molecule has 14 heavy (non-hydrogen) atoms. The Hall–Kier alpha value is -0.910. The van der Waals surface area contributed by atoms with Crippen molar-refractivity contribution in [3.05, 3.63) is 29.8 Å². The van der Waals surface area contributed by atoms with Crippen LogP contribution in [0.5, 0.6) is 0 Å². The summed E-state index contributed by atoms with van der Waals surface area (Å²) in [6, 6.07) is 6.05. The molecule has 5 heteroatoms. The van der Waals surface area contributed by atoms with Crippen molar-refractivity contribution in [2.75, 3.05) is 12.8 Å². The van der Waals surface area contributed by atoms with E-state index in [1.807, 2.05) is 0 Å². The van der Waals surface area contributed by atoms with Crippen molar-refractivity contribution in [1.29, 1.82) is 0 Å². The summed E-state index contributed by atoms with van der Waals surface area (Å²) >= 11 is 0. The second-order valence-corrected chi connectivity index (χ2v) is 5.11. The second-order valence-electron chi connectivity index (χ2n) is 3.09. The third-order valence-corrected chi connectivity index (χ3v) is 3.04. The lowest BCUT2D eigenvalue weighted by molar-refractivity contribution is 0.186. The topological polar surface area (TPSA) is 80.4 Å². The standard InChI is InChI=1S/C9H13NO3S/c1-14(12,13)8-4-2-7(3-5-8)9(11)6-10/h2-5,9,11H,6,10H2,1H3/t9-/m0/s1. The SMILES string of the molecule is CS(=O)(=O)c1ccc([C@@H](O)CN)cc1. The lowest BCUT2D eigenvalue weighted by Crippen LogP contribution is -2.11. The van der Waals surface area contributed by atoms with Crippen molar-refractivity contribution in [3.63, 3.8) is 0 Å². The van der Waals surface area contributed by atoms with Crippen LogP contribution in [-0.4, -0.2) is 26.3 Å². The van der Waals surface area contributed by atoms with Gasteiger partial charge in [0, 0.05) is 12.8 Å². The summed E-state index contributed by atoms with van der Waals surface area (Å²) in [6.07, 6.45) is 0.407. The van der Waals surface area contributed by atoms with E-state index in [1.54, 1.807) is 12.1 Å². The number of nitrogens with two attached hydrogens (primary N) is 1. The van der Waals surface area contributed by atoms with Crippen molar-refractivity contribution in [2.24, 2.45) is 5.73 Å². The summed E-state index contributed by atoms with van der Waals surface area (Å²) in [7, 11) is -3.16. The van der Waals surface area contributed by atoms with Crippen molar-refractivity contribution in [3.8, 4) is 0 Å². The zero-order valence-electron chi connectivity index (χ0n) is 7.84. The summed E-state index contributed by atoms with van der Waals surface area (Å²) in [5.74, 6) is 0. The van der Waals surface area contributed by atoms with Gasteiger partial charge in [-0.2, -0.15) is 0 Å². The number of benzene rings is 1. The first kappa shape index (κ1) is 11.2. The summed E-state index contributed by atoms with van der Waals surface area (Å²) in [5.41, 5.74) is 5.88. The molecular formula is C9H13NO3S. The van der Waals surface area contributed by atoms with Gasteiger partial charge in [-0.1, -0.05) is 12.1 Å². The molecule has 0 aliphatic rings.